The van der Waals surface area contributed by atoms with E-state index in [2.05, 4.69) is 0 Å². The SMILES string of the molecule is C.CC(C)O.CC(C)O.Oc1ccc2ccccc2c1-c1c(O)ccc2ccccc12.[Ti]. The van der Waals surface area contributed by atoms with Gasteiger partial charge in [0.1, 0.15) is 11.5 Å². The van der Waals surface area contributed by atoms with Crippen LogP contribution in [0.4, 0.5) is 0 Å². The number of rotatable bonds is 1. The van der Waals surface area contributed by atoms with E-state index in [9.17, 15) is 10.2 Å². The van der Waals surface area contributed by atoms with Crippen molar-refractivity contribution in [2.24, 2.45) is 0 Å². The van der Waals surface area contributed by atoms with Gasteiger partial charge in [0.25, 0.3) is 0 Å². The summed E-state index contributed by atoms with van der Waals surface area (Å²) in [6, 6.07) is 22.9. The zero-order valence-electron chi connectivity index (χ0n) is 18.4. The van der Waals surface area contributed by atoms with Crippen LogP contribution < -0.4 is 0 Å². The van der Waals surface area contributed by atoms with Crippen LogP contribution in [0.1, 0.15) is 35.1 Å². The van der Waals surface area contributed by atoms with Crippen LogP contribution in [-0.2, 0) is 21.7 Å². The summed E-state index contributed by atoms with van der Waals surface area (Å²) in [4.78, 5) is 0. The van der Waals surface area contributed by atoms with Gasteiger partial charge in [-0.25, -0.2) is 0 Å². The van der Waals surface area contributed by atoms with Crippen molar-refractivity contribution < 1.29 is 42.1 Å². The normalized spacial score (nSPS) is 9.88. The Labute approximate surface area is 206 Å². The maximum absolute atomic E-state index is 10.4. The summed E-state index contributed by atoms with van der Waals surface area (Å²) in [5.41, 5.74) is 1.35. The van der Waals surface area contributed by atoms with E-state index in [4.69, 9.17) is 10.2 Å². The molecule has 4 aromatic rings. The molecule has 32 heavy (non-hydrogen) atoms. The Kier molecular flexibility index (Phi) is 12.9. The van der Waals surface area contributed by atoms with Crippen LogP contribution >= 0.6 is 0 Å². The minimum absolute atomic E-state index is 0. The van der Waals surface area contributed by atoms with Crippen LogP contribution in [0, 0.1) is 0 Å². The van der Waals surface area contributed by atoms with Crippen LogP contribution in [0.25, 0.3) is 32.7 Å². The quantitative estimate of drug-likeness (QED) is 0.240. The Morgan fingerprint density at radius 3 is 1.12 bits per heavy atom. The van der Waals surface area contributed by atoms with Crippen molar-refractivity contribution in [3.8, 4) is 22.6 Å². The molecule has 0 atom stereocenters. The molecule has 0 saturated heterocycles. The second kappa shape index (κ2) is 13.9. The molecule has 0 aromatic heterocycles. The first-order valence-corrected chi connectivity index (χ1v) is 10.00. The molecule has 0 spiro atoms. The van der Waals surface area contributed by atoms with Gasteiger partial charge in [-0.15, -0.1) is 0 Å². The predicted octanol–water partition coefficient (Wildman–Crippen LogP) is 6.48. The number of benzene rings is 4. The summed E-state index contributed by atoms with van der Waals surface area (Å²) in [6.07, 6.45) is -0.333. The maximum atomic E-state index is 10.4. The Morgan fingerprint density at radius 2 is 0.812 bits per heavy atom. The summed E-state index contributed by atoms with van der Waals surface area (Å²) < 4.78 is 0. The fraction of sp³-hybridized carbons (Fsp3) is 0.259. The summed E-state index contributed by atoms with van der Waals surface area (Å²) in [6.45, 7) is 6.89. The molecule has 0 bridgehead atoms. The van der Waals surface area contributed by atoms with Crippen LogP contribution in [0.2, 0.25) is 0 Å². The van der Waals surface area contributed by atoms with E-state index in [0.717, 1.165) is 21.5 Å². The van der Waals surface area contributed by atoms with Crippen molar-refractivity contribution in [3.63, 3.8) is 0 Å². The second-order valence-corrected chi connectivity index (χ2v) is 7.55. The third kappa shape index (κ3) is 7.96. The van der Waals surface area contributed by atoms with Gasteiger partial charge >= 0.3 is 0 Å². The van der Waals surface area contributed by atoms with Crippen molar-refractivity contribution >= 4 is 21.5 Å². The van der Waals surface area contributed by atoms with Crippen LogP contribution in [0.5, 0.6) is 11.5 Å². The van der Waals surface area contributed by atoms with E-state index < -0.39 is 0 Å². The van der Waals surface area contributed by atoms with Gasteiger partial charge in [0.15, 0.2) is 0 Å². The third-order valence-corrected chi connectivity index (χ3v) is 4.06. The first-order valence-electron chi connectivity index (χ1n) is 10.00. The fourth-order valence-corrected chi connectivity index (χ4v) is 3.05. The number of aromatic hydroxyl groups is 2. The van der Waals surface area contributed by atoms with Gasteiger partial charge in [-0.2, -0.15) is 0 Å². The Morgan fingerprint density at radius 1 is 0.531 bits per heavy atom. The minimum atomic E-state index is -0.167. The molecule has 0 unspecified atom stereocenters. The molecule has 0 aliphatic heterocycles. The van der Waals surface area contributed by atoms with Crippen molar-refractivity contribution in [1.82, 2.24) is 0 Å². The number of hydrogen-bond donors (Lipinski definition) is 4. The number of aliphatic hydroxyl groups excluding tert-OH is 2. The molecular weight excluding hydrogens is 436 g/mol. The maximum Gasteiger partial charge on any atom is 0.124 e. The molecule has 4 rings (SSSR count). The van der Waals surface area contributed by atoms with E-state index in [1.54, 1.807) is 39.8 Å². The molecule has 4 aromatic carbocycles. The summed E-state index contributed by atoms with van der Waals surface area (Å²) in [7, 11) is 0. The molecule has 0 fully saturated rings. The van der Waals surface area contributed by atoms with Crippen molar-refractivity contribution in [2.75, 3.05) is 0 Å². The molecule has 4 nitrogen and oxygen atoms in total. The zero-order valence-corrected chi connectivity index (χ0v) is 19.9. The number of hydrogen-bond acceptors (Lipinski definition) is 4. The fourth-order valence-electron chi connectivity index (χ4n) is 3.05. The van der Waals surface area contributed by atoms with E-state index in [-0.39, 0.29) is 52.9 Å². The van der Waals surface area contributed by atoms with Crippen molar-refractivity contribution in [1.29, 1.82) is 0 Å². The Bertz CT molecular complexity index is 1010. The van der Waals surface area contributed by atoms with Gasteiger partial charge in [-0.05, 0) is 61.4 Å². The number of aliphatic hydroxyl groups is 2. The van der Waals surface area contributed by atoms with Crippen LogP contribution in [0.15, 0.2) is 72.8 Å². The van der Waals surface area contributed by atoms with E-state index in [1.165, 1.54) is 0 Å². The van der Waals surface area contributed by atoms with Gasteiger partial charge in [-0.3, -0.25) is 0 Å². The summed E-state index contributed by atoms with van der Waals surface area (Å²) in [5, 5.41) is 40.9. The largest absolute Gasteiger partial charge is 0.507 e. The molecule has 0 radical (unpaired) electrons. The first kappa shape index (κ1) is 29.6. The van der Waals surface area contributed by atoms with Gasteiger partial charge in [-0.1, -0.05) is 68.1 Å². The van der Waals surface area contributed by atoms with Gasteiger partial charge < -0.3 is 20.4 Å². The Hall–Kier alpha value is -2.37. The van der Waals surface area contributed by atoms with E-state index >= 15 is 0 Å². The van der Waals surface area contributed by atoms with Crippen LogP contribution in [-0.4, -0.2) is 32.6 Å². The number of fused-ring (bicyclic) bond motifs is 2. The number of phenols is 2. The smallest absolute Gasteiger partial charge is 0.124 e. The molecule has 4 N–H and O–H groups in total. The molecule has 0 amide bonds. The molecule has 0 aliphatic carbocycles. The minimum Gasteiger partial charge on any atom is -0.507 e. The average molecular weight is 470 g/mol. The van der Waals surface area contributed by atoms with Crippen molar-refractivity contribution in [2.45, 2.75) is 47.3 Å². The molecule has 0 saturated carbocycles. The summed E-state index contributed by atoms with van der Waals surface area (Å²) >= 11 is 0. The average Bonchev–Trinajstić information content (AvgIpc) is 2.68. The molecule has 170 valence electrons. The van der Waals surface area contributed by atoms with E-state index in [1.807, 2.05) is 60.7 Å². The molecule has 0 heterocycles. The van der Waals surface area contributed by atoms with Crippen LogP contribution in [0.3, 0.4) is 0 Å². The summed E-state index contributed by atoms with van der Waals surface area (Å²) in [5.74, 6) is 0.343. The topological polar surface area (TPSA) is 80.9 Å². The zero-order chi connectivity index (χ0) is 22.3. The first-order chi connectivity index (χ1) is 14.2. The van der Waals surface area contributed by atoms with Gasteiger partial charge in [0, 0.05) is 45.1 Å². The third-order valence-electron chi connectivity index (χ3n) is 4.06. The second-order valence-electron chi connectivity index (χ2n) is 7.55. The number of phenolic OH excluding ortho intramolecular Hbond substituents is 2. The Balaban J connectivity index is 0.000000841. The predicted molar refractivity (Wildman–Crippen MR) is 132 cm³/mol. The molecule has 0 aliphatic rings. The monoisotopic (exact) mass is 470 g/mol. The molecular formula is C27H34O4Ti. The van der Waals surface area contributed by atoms with Gasteiger partial charge in [0.2, 0.25) is 0 Å². The molecule has 5 heteroatoms. The van der Waals surface area contributed by atoms with E-state index in [0.29, 0.717) is 11.1 Å². The van der Waals surface area contributed by atoms with Crippen molar-refractivity contribution in [3.05, 3.63) is 72.8 Å². The van der Waals surface area contributed by atoms with Gasteiger partial charge in [0.05, 0.1) is 0 Å². The standard InChI is InChI=1S/C20H14O2.2C3H8O.CH4.Ti/c21-17-11-9-13-5-1-3-7-15(13)19(17)20-16-8-4-2-6-14(16)10-12-18(20)22;2*1-3(2)4;;/h1-12,21-22H;2*3-4H,1-2H3;1H4;.